The van der Waals surface area contributed by atoms with E-state index in [-0.39, 0.29) is 42.7 Å². The first-order valence-corrected chi connectivity index (χ1v) is 15.6. The van der Waals surface area contributed by atoms with Gasteiger partial charge in [-0.05, 0) is 26.2 Å². The summed E-state index contributed by atoms with van der Waals surface area (Å²) in [6, 6.07) is 0. The minimum atomic E-state index is -0.269. The standard InChI is InChI=1S/C31H59NO6/c1-5-6-7-8-9-10-11-12-13-14-15-16-19-22-29(34)32-23-20-17-18-21-27(33)24-37-30-26(2)38-28(25-35-3)31(30)36-4/h26,28,30-31H,5-25H2,1-4H3,(H,32,34)/t26-,28+,30-,31+/m0/s1. The zero-order valence-corrected chi connectivity index (χ0v) is 25.1. The predicted octanol–water partition coefficient (Wildman–Crippen LogP) is 6.55. The van der Waals surface area contributed by atoms with Crippen molar-refractivity contribution in [2.24, 2.45) is 0 Å². The molecular weight excluding hydrogens is 482 g/mol. The Morgan fingerprint density at radius 1 is 0.737 bits per heavy atom. The highest BCUT2D eigenvalue weighted by molar-refractivity contribution is 5.79. The zero-order chi connectivity index (χ0) is 27.8. The van der Waals surface area contributed by atoms with Gasteiger partial charge in [0.2, 0.25) is 5.91 Å². The summed E-state index contributed by atoms with van der Waals surface area (Å²) in [6.07, 6.45) is 20.0. The van der Waals surface area contributed by atoms with Gasteiger partial charge in [0, 0.05) is 33.6 Å². The SMILES string of the molecule is CCCCCCCCCCCCCCCC(=O)NCCCCCC(=O)CO[C@@H]1[C@H](OC)[C@@H](COC)O[C@H]1C. The Bertz CT molecular complexity index is 587. The third-order valence-electron chi connectivity index (χ3n) is 7.54. The summed E-state index contributed by atoms with van der Waals surface area (Å²) in [5.74, 6) is 0.249. The van der Waals surface area contributed by atoms with Crippen molar-refractivity contribution in [1.82, 2.24) is 5.32 Å². The lowest BCUT2D eigenvalue weighted by molar-refractivity contribution is -0.129. The number of rotatable bonds is 26. The summed E-state index contributed by atoms with van der Waals surface area (Å²) >= 11 is 0. The Morgan fingerprint density at radius 3 is 1.87 bits per heavy atom. The van der Waals surface area contributed by atoms with Crippen LogP contribution in [0.5, 0.6) is 0 Å². The van der Waals surface area contributed by atoms with Gasteiger partial charge in [0.15, 0.2) is 5.78 Å². The van der Waals surface area contributed by atoms with E-state index in [1.54, 1.807) is 14.2 Å². The molecule has 0 aliphatic carbocycles. The van der Waals surface area contributed by atoms with Crippen LogP contribution >= 0.6 is 0 Å². The van der Waals surface area contributed by atoms with E-state index in [1.807, 2.05) is 6.92 Å². The van der Waals surface area contributed by atoms with E-state index in [2.05, 4.69) is 12.2 Å². The van der Waals surface area contributed by atoms with Crippen molar-refractivity contribution in [3.05, 3.63) is 0 Å². The predicted molar refractivity (Wildman–Crippen MR) is 154 cm³/mol. The summed E-state index contributed by atoms with van der Waals surface area (Å²) in [4.78, 5) is 24.3. The molecule has 224 valence electrons. The maximum absolute atomic E-state index is 12.3. The largest absolute Gasteiger partial charge is 0.382 e. The first kappa shape index (κ1) is 35.0. The number of carbonyl (C=O) groups excluding carboxylic acids is 2. The lowest BCUT2D eigenvalue weighted by Crippen LogP contribution is -2.38. The molecule has 1 N–H and O–H groups in total. The van der Waals surface area contributed by atoms with Crippen LogP contribution in [0.2, 0.25) is 0 Å². The summed E-state index contributed by atoms with van der Waals surface area (Å²) in [6.45, 7) is 5.41. The van der Waals surface area contributed by atoms with E-state index >= 15 is 0 Å². The third kappa shape index (κ3) is 16.8. The molecule has 0 aromatic carbocycles. The highest BCUT2D eigenvalue weighted by Crippen LogP contribution is 2.26. The molecule has 7 heteroatoms. The number of methoxy groups -OCH3 is 2. The van der Waals surface area contributed by atoms with Gasteiger partial charge in [0.05, 0.1) is 12.7 Å². The Labute approximate surface area is 233 Å². The fraction of sp³-hybridized carbons (Fsp3) is 0.935. The molecule has 4 atom stereocenters. The van der Waals surface area contributed by atoms with Gasteiger partial charge in [0.1, 0.15) is 24.9 Å². The van der Waals surface area contributed by atoms with Gasteiger partial charge >= 0.3 is 0 Å². The molecule has 0 saturated carbocycles. The van der Waals surface area contributed by atoms with Gasteiger partial charge < -0.3 is 24.3 Å². The second-order valence-corrected chi connectivity index (χ2v) is 11.0. The molecule has 1 aliphatic rings. The lowest BCUT2D eigenvalue weighted by Gasteiger charge is -2.22. The van der Waals surface area contributed by atoms with E-state index in [4.69, 9.17) is 18.9 Å². The second-order valence-electron chi connectivity index (χ2n) is 11.0. The summed E-state index contributed by atoms with van der Waals surface area (Å²) in [5, 5.41) is 3.02. The average molecular weight is 542 g/mol. The van der Waals surface area contributed by atoms with Crippen LogP contribution in [-0.2, 0) is 28.5 Å². The normalized spacial score (nSPS) is 21.2. The summed E-state index contributed by atoms with van der Waals surface area (Å²) in [5.41, 5.74) is 0. The molecular formula is C31H59NO6. The number of ether oxygens (including phenoxy) is 4. The minimum Gasteiger partial charge on any atom is -0.382 e. The van der Waals surface area contributed by atoms with Crippen molar-refractivity contribution >= 4 is 11.7 Å². The topological polar surface area (TPSA) is 83.1 Å². The van der Waals surface area contributed by atoms with Crippen molar-refractivity contribution in [2.45, 2.75) is 154 Å². The van der Waals surface area contributed by atoms with Crippen LogP contribution in [0, 0.1) is 0 Å². The fourth-order valence-corrected chi connectivity index (χ4v) is 5.23. The number of ketones is 1. The highest BCUT2D eigenvalue weighted by atomic mass is 16.6. The van der Waals surface area contributed by atoms with Crippen LogP contribution < -0.4 is 5.32 Å². The van der Waals surface area contributed by atoms with Gasteiger partial charge in [-0.25, -0.2) is 0 Å². The number of nitrogens with one attached hydrogen (secondary N) is 1. The van der Waals surface area contributed by atoms with Crippen molar-refractivity contribution in [3.8, 4) is 0 Å². The van der Waals surface area contributed by atoms with Crippen molar-refractivity contribution in [1.29, 1.82) is 0 Å². The van der Waals surface area contributed by atoms with Gasteiger partial charge in [0.25, 0.3) is 0 Å². The lowest BCUT2D eigenvalue weighted by atomic mass is 10.0. The summed E-state index contributed by atoms with van der Waals surface area (Å²) in [7, 11) is 3.26. The molecule has 1 saturated heterocycles. The first-order valence-electron chi connectivity index (χ1n) is 15.6. The molecule has 1 amide bonds. The molecule has 1 aliphatic heterocycles. The van der Waals surface area contributed by atoms with Crippen LogP contribution in [0.1, 0.15) is 129 Å². The van der Waals surface area contributed by atoms with Crippen molar-refractivity contribution < 1.29 is 28.5 Å². The van der Waals surface area contributed by atoms with E-state index in [9.17, 15) is 9.59 Å². The van der Waals surface area contributed by atoms with E-state index in [0.29, 0.717) is 26.0 Å². The first-order chi connectivity index (χ1) is 18.5. The number of amides is 1. The van der Waals surface area contributed by atoms with Crippen molar-refractivity contribution in [2.75, 3.05) is 34.0 Å². The number of Topliss-reactive ketones (excluding diaryl/α,β-unsaturated/α-hetero) is 1. The minimum absolute atomic E-state index is 0.0772. The van der Waals surface area contributed by atoms with Crippen LogP contribution in [0.25, 0.3) is 0 Å². The van der Waals surface area contributed by atoms with Crippen molar-refractivity contribution in [3.63, 3.8) is 0 Å². The average Bonchev–Trinajstić information content (AvgIpc) is 3.21. The van der Waals surface area contributed by atoms with E-state index < -0.39 is 0 Å². The Kier molecular flexibility index (Phi) is 22.0. The molecule has 0 aromatic heterocycles. The Hall–Kier alpha value is -1.02. The second kappa shape index (κ2) is 23.8. The molecule has 0 spiro atoms. The van der Waals surface area contributed by atoms with Gasteiger partial charge in [-0.2, -0.15) is 0 Å². The molecule has 1 fully saturated rings. The molecule has 0 bridgehead atoms. The number of unbranched alkanes of at least 4 members (excludes halogenated alkanes) is 14. The molecule has 0 radical (unpaired) electrons. The van der Waals surface area contributed by atoms with Gasteiger partial charge in [-0.15, -0.1) is 0 Å². The number of carbonyl (C=O) groups is 2. The maximum atomic E-state index is 12.3. The third-order valence-corrected chi connectivity index (χ3v) is 7.54. The summed E-state index contributed by atoms with van der Waals surface area (Å²) < 4.78 is 22.4. The highest BCUT2D eigenvalue weighted by Gasteiger charge is 2.43. The Morgan fingerprint density at radius 2 is 1.29 bits per heavy atom. The molecule has 38 heavy (non-hydrogen) atoms. The number of hydrogen-bond acceptors (Lipinski definition) is 6. The van der Waals surface area contributed by atoms with Crippen LogP contribution in [-0.4, -0.2) is 70.1 Å². The van der Waals surface area contributed by atoms with Crippen LogP contribution in [0.15, 0.2) is 0 Å². The monoisotopic (exact) mass is 541 g/mol. The molecule has 0 unspecified atom stereocenters. The molecule has 7 nitrogen and oxygen atoms in total. The van der Waals surface area contributed by atoms with Gasteiger partial charge in [-0.3, -0.25) is 9.59 Å². The number of hydrogen-bond donors (Lipinski definition) is 1. The van der Waals surface area contributed by atoms with Gasteiger partial charge in [-0.1, -0.05) is 90.4 Å². The maximum Gasteiger partial charge on any atom is 0.219 e. The molecule has 0 aromatic rings. The van der Waals surface area contributed by atoms with Crippen LogP contribution in [0.3, 0.4) is 0 Å². The molecule has 1 rings (SSSR count). The molecule has 1 heterocycles. The smallest absolute Gasteiger partial charge is 0.219 e. The fourth-order valence-electron chi connectivity index (χ4n) is 5.23. The zero-order valence-electron chi connectivity index (χ0n) is 25.1. The quantitative estimate of drug-likeness (QED) is 0.125. The van der Waals surface area contributed by atoms with Crippen LogP contribution in [0.4, 0.5) is 0 Å². The van der Waals surface area contributed by atoms with E-state index in [1.165, 1.54) is 70.6 Å². The Balaban J connectivity index is 1.91. The van der Waals surface area contributed by atoms with E-state index in [0.717, 1.165) is 32.1 Å².